The van der Waals surface area contributed by atoms with Crippen molar-refractivity contribution >= 4 is 17.8 Å². The maximum Gasteiger partial charge on any atom is 0.303 e. The lowest BCUT2D eigenvalue weighted by Crippen LogP contribution is -2.39. The Morgan fingerprint density at radius 3 is 2.33 bits per heavy atom. The van der Waals surface area contributed by atoms with Crippen LogP contribution in [0.5, 0.6) is 0 Å². The maximum atomic E-state index is 12.3. The summed E-state index contributed by atoms with van der Waals surface area (Å²) in [6, 6.07) is 0. The molecule has 0 saturated carbocycles. The number of carbonyl (C=O) groups is 3. The number of rotatable bonds is 5. The molecule has 2 unspecified atom stereocenters. The van der Waals surface area contributed by atoms with Gasteiger partial charge in [0.1, 0.15) is 0 Å². The zero-order chi connectivity index (χ0) is 14.1. The zero-order valence-electron chi connectivity index (χ0n) is 11.4. The molecule has 0 aromatic heterocycles. The monoisotopic (exact) mass is 255 g/mol. The van der Waals surface area contributed by atoms with Crippen LogP contribution in [0.15, 0.2) is 0 Å². The number of carboxylic acids is 1. The van der Waals surface area contributed by atoms with Crippen LogP contribution in [0.2, 0.25) is 0 Å². The second-order valence-corrected chi connectivity index (χ2v) is 5.76. The molecule has 1 aliphatic rings. The van der Waals surface area contributed by atoms with Crippen molar-refractivity contribution in [3.05, 3.63) is 0 Å². The summed E-state index contributed by atoms with van der Waals surface area (Å²) in [7, 11) is 0. The van der Waals surface area contributed by atoms with Crippen LogP contribution < -0.4 is 0 Å². The maximum absolute atomic E-state index is 12.3. The van der Waals surface area contributed by atoms with Crippen molar-refractivity contribution in [1.29, 1.82) is 0 Å². The smallest absolute Gasteiger partial charge is 0.303 e. The Morgan fingerprint density at radius 1 is 1.39 bits per heavy atom. The summed E-state index contributed by atoms with van der Waals surface area (Å²) in [5, 5.41) is 8.69. The van der Waals surface area contributed by atoms with Crippen LogP contribution in [0.3, 0.4) is 0 Å². The van der Waals surface area contributed by atoms with E-state index in [1.54, 1.807) is 13.8 Å². The molecule has 1 N–H and O–H groups in total. The highest BCUT2D eigenvalue weighted by atomic mass is 16.4. The van der Waals surface area contributed by atoms with E-state index in [9.17, 15) is 14.4 Å². The van der Waals surface area contributed by atoms with Gasteiger partial charge in [-0.05, 0) is 18.8 Å². The first kappa shape index (κ1) is 14.7. The van der Waals surface area contributed by atoms with Gasteiger partial charge in [-0.1, -0.05) is 20.8 Å². The molecule has 1 saturated heterocycles. The molecule has 5 nitrogen and oxygen atoms in total. The molecular formula is C13H21NO4. The van der Waals surface area contributed by atoms with Gasteiger partial charge in [-0.25, -0.2) is 0 Å². The summed E-state index contributed by atoms with van der Waals surface area (Å²) in [6.07, 6.45) is 0.193. The molecule has 0 bridgehead atoms. The van der Waals surface area contributed by atoms with Gasteiger partial charge in [-0.15, -0.1) is 0 Å². The molecule has 0 radical (unpaired) electrons. The number of imide groups is 1. The van der Waals surface area contributed by atoms with Crippen LogP contribution in [0.4, 0.5) is 0 Å². The lowest BCUT2D eigenvalue weighted by molar-refractivity contribution is -0.145. The molecule has 0 aromatic carbocycles. The van der Waals surface area contributed by atoms with Crippen molar-refractivity contribution < 1.29 is 19.5 Å². The highest BCUT2D eigenvalue weighted by molar-refractivity contribution is 6.05. The average Bonchev–Trinajstić information content (AvgIpc) is 2.42. The molecule has 18 heavy (non-hydrogen) atoms. The summed E-state index contributed by atoms with van der Waals surface area (Å²) in [6.45, 7) is 7.59. The number of hydrogen-bond acceptors (Lipinski definition) is 3. The van der Waals surface area contributed by atoms with E-state index in [2.05, 4.69) is 0 Å². The van der Waals surface area contributed by atoms with Gasteiger partial charge in [0, 0.05) is 19.4 Å². The Bertz CT molecular complexity index is 377. The highest BCUT2D eigenvalue weighted by Crippen LogP contribution is 2.39. The normalized spacial score (nSPS) is 25.9. The Balaban J connectivity index is 2.77. The number of hydrogen-bond donors (Lipinski definition) is 1. The van der Waals surface area contributed by atoms with Crippen LogP contribution >= 0.6 is 0 Å². The first-order valence-electron chi connectivity index (χ1n) is 6.25. The molecule has 0 aromatic rings. The second kappa shape index (κ2) is 5.08. The Morgan fingerprint density at radius 2 is 1.94 bits per heavy atom. The first-order valence-corrected chi connectivity index (χ1v) is 6.25. The quantitative estimate of drug-likeness (QED) is 0.756. The number of likely N-dealkylation sites (tertiary alicyclic amines) is 1. The van der Waals surface area contributed by atoms with Gasteiger partial charge < -0.3 is 5.11 Å². The van der Waals surface area contributed by atoms with E-state index in [0.717, 1.165) is 0 Å². The number of amides is 2. The van der Waals surface area contributed by atoms with Gasteiger partial charge in [0.25, 0.3) is 0 Å². The number of carbonyl (C=O) groups excluding carboxylic acids is 2. The van der Waals surface area contributed by atoms with Gasteiger partial charge in [0.2, 0.25) is 11.8 Å². The standard InChI is InChI=1S/C13H21NO4/c1-8(2)13(4)6-10(15)14(12(13)18)7-9(3)5-11(16)17/h8-9H,5-7H2,1-4H3,(H,16,17). The van der Waals surface area contributed by atoms with E-state index in [4.69, 9.17) is 5.11 Å². The van der Waals surface area contributed by atoms with Gasteiger partial charge in [-0.2, -0.15) is 0 Å². The highest BCUT2D eigenvalue weighted by Gasteiger charge is 2.49. The molecule has 0 spiro atoms. The minimum atomic E-state index is -0.909. The SMILES string of the molecule is CC(CC(=O)O)CN1C(=O)CC(C)(C(C)C)C1=O. The molecular weight excluding hydrogens is 234 g/mol. The molecule has 102 valence electrons. The van der Waals surface area contributed by atoms with E-state index in [1.807, 2.05) is 13.8 Å². The van der Waals surface area contributed by atoms with Gasteiger partial charge >= 0.3 is 5.97 Å². The molecule has 2 atom stereocenters. The van der Waals surface area contributed by atoms with Crippen molar-refractivity contribution in [2.45, 2.75) is 40.5 Å². The van der Waals surface area contributed by atoms with Crippen molar-refractivity contribution in [3.63, 3.8) is 0 Å². The molecule has 1 heterocycles. The lowest BCUT2D eigenvalue weighted by Gasteiger charge is -2.26. The number of carboxylic acid groups (broad SMARTS) is 1. The molecule has 5 heteroatoms. The summed E-state index contributed by atoms with van der Waals surface area (Å²) >= 11 is 0. The minimum Gasteiger partial charge on any atom is -0.481 e. The molecule has 0 aliphatic carbocycles. The van der Waals surface area contributed by atoms with E-state index in [-0.39, 0.29) is 43.0 Å². The topological polar surface area (TPSA) is 74.7 Å². The zero-order valence-corrected chi connectivity index (χ0v) is 11.4. The largest absolute Gasteiger partial charge is 0.481 e. The van der Waals surface area contributed by atoms with E-state index < -0.39 is 11.4 Å². The van der Waals surface area contributed by atoms with Crippen LogP contribution in [0.1, 0.15) is 40.5 Å². The van der Waals surface area contributed by atoms with E-state index in [0.29, 0.717) is 0 Å². The molecule has 1 aliphatic heterocycles. The summed E-state index contributed by atoms with van der Waals surface area (Å²) in [4.78, 5) is 36.0. The average molecular weight is 255 g/mol. The number of nitrogens with zero attached hydrogens (tertiary/aromatic N) is 1. The predicted octanol–water partition coefficient (Wildman–Crippen LogP) is 1.52. The first-order chi connectivity index (χ1) is 8.18. The lowest BCUT2D eigenvalue weighted by atomic mass is 9.78. The fourth-order valence-electron chi connectivity index (χ4n) is 2.22. The predicted molar refractivity (Wildman–Crippen MR) is 65.7 cm³/mol. The Kier molecular flexibility index (Phi) is 4.14. The van der Waals surface area contributed by atoms with Crippen molar-refractivity contribution in [3.8, 4) is 0 Å². The summed E-state index contributed by atoms with van der Waals surface area (Å²) in [5.74, 6) is -1.39. The van der Waals surface area contributed by atoms with Gasteiger partial charge in [-0.3, -0.25) is 19.3 Å². The third-order valence-corrected chi connectivity index (χ3v) is 3.84. The van der Waals surface area contributed by atoms with Gasteiger partial charge in [0.15, 0.2) is 0 Å². The molecule has 1 rings (SSSR count). The van der Waals surface area contributed by atoms with E-state index >= 15 is 0 Å². The Hall–Kier alpha value is -1.39. The van der Waals surface area contributed by atoms with E-state index in [1.165, 1.54) is 4.90 Å². The van der Waals surface area contributed by atoms with Crippen LogP contribution in [-0.4, -0.2) is 34.3 Å². The molecule has 2 amide bonds. The Labute approximate surface area is 107 Å². The minimum absolute atomic E-state index is 0.0323. The third-order valence-electron chi connectivity index (χ3n) is 3.84. The van der Waals surface area contributed by atoms with Crippen molar-refractivity contribution in [2.24, 2.45) is 17.3 Å². The summed E-state index contributed by atoms with van der Waals surface area (Å²) < 4.78 is 0. The fourth-order valence-corrected chi connectivity index (χ4v) is 2.22. The fraction of sp³-hybridized carbons (Fsp3) is 0.769. The van der Waals surface area contributed by atoms with Crippen LogP contribution in [0, 0.1) is 17.3 Å². The summed E-state index contributed by atoms with van der Waals surface area (Å²) in [5.41, 5.74) is -0.639. The third kappa shape index (κ3) is 2.71. The van der Waals surface area contributed by atoms with Crippen LogP contribution in [0.25, 0.3) is 0 Å². The van der Waals surface area contributed by atoms with Crippen molar-refractivity contribution in [1.82, 2.24) is 4.90 Å². The van der Waals surface area contributed by atoms with Crippen LogP contribution in [-0.2, 0) is 14.4 Å². The number of aliphatic carboxylic acids is 1. The second-order valence-electron chi connectivity index (χ2n) is 5.76. The molecule has 1 fully saturated rings. The van der Waals surface area contributed by atoms with Gasteiger partial charge in [0.05, 0.1) is 5.41 Å². The van der Waals surface area contributed by atoms with Crippen molar-refractivity contribution in [2.75, 3.05) is 6.54 Å².